The summed E-state index contributed by atoms with van der Waals surface area (Å²) in [6.45, 7) is 17.7. The van der Waals surface area contributed by atoms with Gasteiger partial charge in [0, 0.05) is 32.1 Å². The van der Waals surface area contributed by atoms with Crippen molar-refractivity contribution in [3.05, 3.63) is 0 Å². The first-order valence-corrected chi connectivity index (χ1v) is 9.63. The summed E-state index contributed by atoms with van der Waals surface area (Å²) < 4.78 is 11.7. The van der Waals surface area contributed by atoms with Gasteiger partial charge in [-0.3, -0.25) is 0 Å². The number of carbonyl (C=O) groups is 2. The summed E-state index contributed by atoms with van der Waals surface area (Å²) in [7, 11) is 0. The Balaban J connectivity index is 1.89. The summed E-state index contributed by atoms with van der Waals surface area (Å²) >= 11 is 0. The zero-order valence-electron chi connectivity index (χ0n) is 17.3. The van der Waals surface area contributed by atoms with Gasteiger partial charge >= 0.3 is 12.1 Å². The van der Waals surface area contributed by atoms with Crippen LogP contribution in [0.25, 0.3) is 0 Å². The van der Waals surface area contributed by atoms with Crippen molar-refractivity contribution >= 4 is 12.1 Å². The molecule has 2 rings (SSSR count). The van der Waals surface area contributed by atoms with E-state index in [1.807, 2.05) is 41.5 Å². The van der Waals surface area contributed by atoms with Crippen molar-refractivity contribution in [1.29, 1.82) is 0 Å². The van der Waals surface area contributed by atoms with E-state index in [0.717, 1.165) is 37.2 Å². The molecule has 150 valence electrons. The van der Waals surface area contributed by atoms with Gasteiger partial charge in [-0.25, -0.2) is 9.59 Å². The Morgan fingerprint density at radius 2 is 1.54 bits per heavy atom. The second kappa shape index (κ2) is 7.72. The van der Waals surface area contributed by atoms with Crippen LogP contribution in [-0.2, 0) is 14.3 Å². The Hall–Kier alpha value is -1.34. The van der Waals surface area contributed by atoms with Crippen LogP contribution >= 0.6 is 0 Å². The SMILES string of the molecule is CC(C)(C)OC(=O)C[N+]1(CC2CN(C(=O)OC(C)(C)C)C2)CCNCC1. The van der Waals surface area contributed by atoms with E-state index in [0.29, 0.717) is 25.6 Å². The number of rotatable bonds is 4. The van der Waals surface area contributed by atoms with Crippen molar-refractivity contribution in [3.63, 3.8) is 0 Å². The van der Waals surface area contributed by atoms with Crippen molar-refractivity contribution in [2.45, 2.75) is 52.7 Å². The Kier molecular flexibility index (Phi) is 6.23. The lowest BCUT2D eigenvalue weighted by atomic mass is 9.98. The maximum absolute atomic E-state index is 12.4. The largest absolute Gasteiger partial charge is 0.456 e. The second-order valence-electron chi connectivity index (χ2n) is 9.72. The van der Waals surface area contributed by atoms with E-state index >= 15 is 0 Å². The molecule has 0 radical (unpaired) electrons. The highest BCUT2D eigenvalue weighted by Crippen LogP contribution is 2.24. The number of ether oxygens (including phenoxy) is 2. The van der Waals surface area contributed by atoms with Gasteiger partial charge < -0.3 is 24.2 Å². The first-order chi connectivity index (χ1) is 11.9. The highest BCUT2D eigenvalue weighted by Gasteiger charge is 2.42. The smallest absolute Gasteiger partial charge is 0.410 e. The number of esters is 1. The number of amides is 1. The fourth-order valence-corrected chi connectivity index (χ4v) is 3.63. The molecular weight excluding hydrogens is 334 g/mol. The van der Waals surface area contributed by atoms with Crippen molar-refractivity contribution in [2.75, 3.05) is 52.4 Å². The Labute approximate surface area is 157 Å². The molecule has 2 aliphatic heterocycles. The molecule has 0 aliphatic carbocycles. The molecule has 0 bridgehead atoms. The molecule has 7 nitrogen and oxygen atoms in total. The minimum atomic E-state index is -0.467. The summed E-state index contributed by atoms with van der Waals surface area (Å²) in [5.74, 6) is 0.269. The molecule has 2 saturated heterocycles. The molecular formula is C19H36N3O4+. The molecule has 0 saturated carbocycles. The minimum absolute atomic E-state index is 0.136. The summed E-state index contributed by atoms with van der Waals surface area (Å²) in [6, 6.07) is 0. The Morgan fingerprint density at radius 3 is 2.04 bits per heavy atom. The van der Waals surface area contributed by atoms with Gasteiger partial charge in [-0.05, 0) is 41.5 Å². The van der Waals surface area contributed by atoms with Crippen LogP contribution < -0.4 is 5.32 Å². The molecule has 2 heterocycles. The molecule has 2 aliphatic rings. The summed E-state index contributed by atoms with van der Waals surface area (Å²) in [5.41, 5.74) is -0.926. The predicted molar refractivity (Wildman–Crippen MR) is 99.7 cm³/mol. The zero-order valence-corrected chi connectivity index (χ0v) is 17.3. The van der Waals surface area contributed by atoms with Crippen LogP contribution in [0.2, 0.25) is 0 Å². The molecule has 0 spiro atoms. The van der Waals surface area contributed by atoms with Crippen LogP contribution in [0.3, 0.4) is 0 Å². The Bertz CT molecular complexity index is 510. The van der Waals surface area contributed by atoms with E-state index in [4.69, 9.17) is 9.47 Å². The fourth-order valence-electron chi connectivity index (χ4n) is 3.63. The number of nitrogens with one attached hydrogen (secondary N) is 1. The van der Waals surface area contributed by atoms with Gasteiger partial charge in [-0.15, -0.1) is 0 Å². The molecule has 1 N–H and O–H groups in total. The number of hydrogen-bond acceptors (Lipinski definition) is 5. The van der Waals surface area contributed by atoms with Crippen LogP contribution in [-0.4, -0.2) is 85.0 Å². The highest BCUT2D eigenvalue weighted by molar-refractivity contribution is 5.71. The monoisotopic (exact) mass is 370 g/mol. The summed E-state index contributed by atoms with van der Waals surface area (Å²) in [5, 5.41) is 3.37. The van der Waals surface area contributed by atoms with Gasteiger partial charge in [0.15, 0.2) is 6.54 Å². The van der Waals surface area contributed by atoms with Gasteiger partial charge in [-0.1, -0.05) is 0 Å². The van der Waals surface area contributed by atoms with E-state index in [1.165, 1.54) is 0 Å². The van der Waals surface area contributed by atoms with E-state index < -0.39 is 11.2 Å². The first kappa shape index (κ1) is 21.0. The maximum Gasteiger partial charge on any atom is 0.410 e. The fraction of sp³-hybridized carbons (Fsp3) is 0.895. The van der Waals surface area contributed by atoms with E-state index in [2.05, 4.69) is 5.32 Å². The van der Waals surface area contributed by atoms with E-state index in [-0.39, 0.29) is 12.1 Å². The van der Waals surface area contributed by atoms with Gasteiger partial charge in [0.25, 0.3) is 0 Å². The molecule has 0 aromatic rings. The van der Waals surface area contributed by atoms with Crippen LogP contribution in [0.5, 0.6) is 0 Å². The quantitative estimate of drug-likeness (QED) is 0.602. The minimum Gasteiger partial charge on any atom is -0.456 e. The van der Waals surface area contributed by atoms with Gasteiger partial charge in [0.1, 0.15) is 11.2 Å². The van der Waals surface area contributed by atoms with E-state index in [1.54, 1.807) is 4.90 Å². The normalized spacial score (nSPS) is 21.1. The summed E-state index contributed by atoms with van der Waals surface area (Å²) in [6.07, 6.45) is -0.243. The molecule has 26 heavy (non-hydrogen) atoms. The molecule has 2 fully saturated rings. The standard InChI is InChI=1S/C19H36N3O4/c1-18(2,3)25-16(23)14-22(9-7-20-8-10-22)13-15-11-21(12-15)17(24)26-19(4,5)6/h15,20H,7-14H2,1-6H3/q+1. The van der Waals surface area contributed by atoms with Gasteiger partial charge in [0.2, 0.25) is 0 Å². The summed E-state index contributed by atoms with van der Waals surface area (Å²) in [4.78, 5) is 26.3. The van der Waals surface area contributed by atoms with Crippen LogP contribution in [0, 0.1) is 5.92 Å². The molecule has 7 heteroatoms. The van der Waals surface area contributed by atoms with Crippen molar-refractivity contribution in [1.82, 2.24) is 10.2 Å². The molecule has 1 amide bonds. The number of likely N-dealkylation sites (tertiary alicyclic amines) is 1. The van der Waals surface area contributed by atoms with Crippen LogP contribution in [0.4, 0.5) is 4.79 Å². The number of hydrogen-bond donors (Lipinski definition) is 1. The third-order valence-corrected chi connectivity index (χ3v) is 4.66. The maximum atomic E-state index is 12.4. The average Bonchev–Trinajstić information content (AvgIpc) is 2.39. The number of quaternary nitrogens is 1. The topological polar surface area (TPSA) is 67.9 Å². The van der Waals surface area contributed by atoms with Crippen LogP contribution in [0.1, 0.15) is 41.5 Å². The molecule has 0 unspecified atom stereocenters. The van der Waals surface area contributed by atoms with Crippen molar-refractivity contribution < 1.29 is 23.5 Å². The number of carbonyl (C=O) groups excluding carboxylic acids is 2. The first-order valence-electron chi connectivity index (χ1n) is 9.63. The number of nitrogens with zero attached hydrogens (tertiary/aromatic N) is 2. The predicted octanol–water partition coefficient (Wildman–Crippen LogP) is 1.62. The van der Waals surface area contributed by atoms with Gasteiger partial charge in [-0.2, -0.15) is 0 Å². The third kappa shape index (κ3) is 6.43. The number of piperazine rings is 1. The van der Waals surface area contributed by atoms with Gasteiger partial charge in [0.05, 0.1) is 19.6 Å². The lowest BCUT2D eigenvalue weighted by Crippen LogP contribution is -2.66. The van der Waals surface area contributed by atoms with Crippen LogP contribution in [0.15, 0.2) is 0 Å². The lowest BCUT2D eigenvalue weighted by molar-refractivity contribution is -0.926. The zero-order chi connectivity index (χ0) is 19.6. The average molecular weight is 371 g/mol. The molecule has 0 aromatic heterocycles. The highest BCUT2D eigenvalue weighted by atomic mass is 16.6. The molecule has 0 atom stereocenters. The van der Waals surface area contributed by atoms with E-state index in [9.17, 15) is 9.59 Å². The second-order valence-corrected chi connectivity index (χ2v) is 9.72. The third-order valence-electron chi connectivity index (χ3n) is 4.66. The molecule has 0 aromatic carbocycles. The Morgan fingerprint density at radius 1 is 1.00 bits per heavy atom. The van der Waals surface area contributed by atoms with Crippen molar-refractivity contribution in [3.8, 4) is 0 Å². The lowest BCUT2D eigenvalue weighted by Gasteiger charge is -2.47. The van der Waals surface area contributed by atoms with Crippen molar-refractivity contribution in [2.24, 2.45) is 5.92 Å².